The molecule has 2 rings (SSSR count). The molecule has 0 aliphatic heterocycles. The minimum absolute atomic E-state index is 0.0641. The molecular weight excluding hydrogens is 281 g/mol. The molecule has 1 amide bonds. The van der Waals surface area contributed by atoms with Crippen LogP contribution in [0.1, 0.15) is 30.9 Å². The Hall–Kier alpha value is -2.20. The standard InChI is InChI=1S/C18H20FNO2/c1-13(15-10-6-7-11-16(15)19)17(21)20-12-18(2,22)14-8-4-3-5-9-14/h3-11,13,22H,12H2,1-2H3,(H,20,21). The zero-order valence-corrected chi connectivity index (χ0v) is 12.7. The van der Waals surface area contributed by atoms with Crippen molar-refractivity contribution in [2.75, 3.05) is 6.54 Å². The number of carbonyl (C=O) groups is 1. The maximum atomic E-state index is 13.7. The van der Waals surface area contributed by atoms with Gasteiger partial charge in [0.05, 0.1) is 12.5 Å². The van der Waals surface area contributed by atoms with Gasteiger partial charge >= 0.3 is 0 Å². The van der Waals surface area contributed by atoms with Gasteiger partial charge in [-0.1, -0.05) is 48.5 Å². The molecule has 2 aromatic carbocycles. The van der Waals surface area contributed by atoms with E-state index < -0.39 is 17.3 Å². The van der Waals surface area contributed by atoms with Gasteiger partial charge in [-0.15, -0.1) is 0 Å². The van der Waals surface area contributed by atoms with Gasteiger partial charge in [0.25, 0.3) is 0 Å². The molecule has 0 radical (unpaired) electrons. The lowest BCUT2D eigenvalue weighted by atomic mass is 9.95. The first-order valence-corrected chi connectivity index (χ1v) is 7.22. The molecule has 116 valence electrons. The Kier molecular flexibility index (Phi) is 4.93. The summed E-state index contributed by atoms with van der Waals surface area (Å²) >= 11 is 0. The Morgan fingerprint density at radius 3 is 2.41 bits per heavy atom. The molecule has 0 saturated heterocycles. The largest absolute Gasteiger partial charge is 0.384 e. The third-order valence-electron chi connectivity index (χ3n) is 3.77. The summed E-state index contributed by atoms with van der Waals surface area (Å²) in [6.07, 6.45) is 0. The van der Waals surface area contributed by atoms with Gasteiger partial charge in [-0.25, -0.2) is 4.39 Å². The second-order valence-corrected chi connectivity index (χ2v) is 5.60. The first kappa shape index (κ1) is 16.2. The van der Waals surface area contributed by atoms with Crippen LogP contribution in [0.3, 0.4) is 0 Å². The van der Waals surface area contributed by atoms with Gasteiger partial charge in [0, 0.05) is 0 Å². The fourth-order valence-corrected chi connectivity index (χ4v) is 2.28. The van der Waals surface area contributed by atoms with Crippen molar-refractivity contribution in [3.05, 3.63) is 71.5 Å². The van der Waals surface area contributed by atoms with Crippen LogP contribution in [0, 0.1) is 5.82 Å². The topological polar surface area (TPSA) is 49.3 Å². The van der Waals surface area contributed by atoms with E-state index in [9.17, 15) is 14.3 Å². The molecule has 0 fully saturated rings. The van der Waals surface area contributed by atoms with Crippen LogP contribution < -0.4 is 5.32 Å². The van der Waals surface area contributed by atoms with E-state index in [0.29, 0.717) is 11.1 Å². The number of aliphatic hydroxyl groups is 1. The molecule has 0 bridgehead atoms. The summed E-state index contributed by atoms with van der Waals surface area (Å²) in [6.45, 7) is 3.34. The predicted octanol–water partition coefficient (Wildman–Crippen LogP) is 2.95. The molecule has 2 atom stereocenters. The van der Waals surface area contributed by atoms with Gasteiger partial charge in [-0.3, -0.25) is 4.79 Å². The Bertz CT molecular complexity index is 641. The van der Waals surface area contributed by atoms with Crippen molar-refractivity contribution in [3.8, 4) is 0 Å². The van der Waals surface area contributed by atoms with E-state index in [1.165, 1.54) is 6.07 Å². The lowest BCUT2D eigenvalue weighted by Gasteiger charge is -2.25. The van der Waals surface area contributed by atoms with Crippen LogP contribution in [-0.4, -0.2) is 17.6 Å². The van der Waals surface area contributed by atoms with Crippen molar-refractivity contribution in [2.24, 2.45) is 0 Å². The highest BCUT2D eigenvalue weighted by Crippen LogP contribution is 2.21. The Morgan fingerprint density at radius 2 is 1.77 bits per heavy atom. The fraction of sp³-hybridized carbons (Fsp3) is 0.278. The number of amides is 1. The van der Waals surface area contributed by atoms with Gasteiger partial charge in [0.15, 0.2) is 0 Å². The van der Waals surface area contributed by atoms with Crippen LogP contribution in [0.2, 0.25) is 0 Å². The molecule has 0 spiro atoms. The van der Waals surface area contributed by atoms with Crippen molar-refractivity contribution in [3.63, 3.8) is 0 Å². The summed E-state index contributed by atoms with van der Waals surface area (Å²) in [5, 5.41) is 13.1. The van der Waals surface area contributed by atoms with Crippen LogP contribution in [-0.2, 0) is 10.4 Å². The SMILES string of the molecule is CC(C(=O)NCC(C)(O)c1ccccc1)c1ccccc1F. The number of halogens is 1. The molecule has 0 aromatic heterocycles. The zero-order valence-electron chi connectivity index (χ0n) is 12.7. The van der Waals surface area contributed by atoms with Gasteiger partial charge in [0.2, 0.25) is 5.91 Å². The molecule has 3 nitrogen and oxygen atoms in total. The van der Waals surface area contributed by atoms with Crippen LogP contribution >= 0.6 is 0 Å². The van der Waals surface area contributed by atoms with Gasteiger partial charge in [-0.05, 0) is 31.0 Å². The van der Waals surface area contributed by atoms with Crippen LogP contribution in [0.5, 0.6) is 0 Å². The summed E-state index contributed by atoms with van der Waals surface area (Å²) in [6, 6.07) is 15.3. The normalized spacial score (nSPS) is 14.9. The van der Waals surface area contributed by atoms with Gasteiger partial charge < -0.3 is 10.4 Å². The number of carbonyl (C=O) groups excluding carboxylic acids is 1. The maximum Gasteiger partial charge on any atom is 0.227 e. The van der Waals surface area contributed by atoms with Crippen LogP contribution in [0.15, 0.2) is 54.6 Å². The fourth-order valence-electron chi connectivity index (χ4n) is 2.28. The summed E-state index contributed by atoms with van der Waals surface area (Å²) in [5.41, 5.74) is -0.112. The summed E-state index contributed by atoms with van der Waals surface area (Å²) in [7, 11) is 0. The van der Waals surface area contributed by atoms with E-state index >= 15 is 0 Å². The Balaban J connectivity index is 2.02. The third-order valence-corrected chi connectivity index (χ3v) is 3.77. The number of nitrogens with one attached hydrogen (secondary N) is 1. The molecule has 2 unspecified atom stereocenters. The molecule has 2 N–H and O–H groups in total. The van der Waals surface area contributed by atoms with Crippen molar-refractivity contribution >= 4 is 5.91 Å². The van der Waals surface area contributed by atoms with E-state index in [1.54, 1.807) is 44.2 Å². The monoisotopic (exact) mass is 301 g/mol. The van der Waals surface area contributed by atoms with Gasteiger partial charge in [-0.2, -0.15) is 0 Å². The highest BCUT2D eigenvalue weighted by atomic mass is 19.1. The summed E-state index contributed by atoms with van der Waals surface area (Å²) in [5.74, 6) is -1.34. The highest BCUT2D eigenvalue weighted by Gasteiger charge is 2.25. The van der Waals surface area contributed by atoms with E-state index in [0.717, 1.165) is 0 Å². The smallest absolute Gasteiger partial charge is 0.227 e. The third kappa shape index (κ3) is 3.71. The van der Waals surface area contributed by atoms with Crippen molar-refractivity contribution in [1.29, 1.82) is 0 Å². The molecule has 0 aliphatic rings. The maximum absolute atomic E-state index is 13.7. The van der Waals surface area contributed by atoms with E-state index in [-0.39, 0.29) is 12.5 Å². The number of hydrogen-bond donors (Lipinski definition) is 2. The molecular formula is C18H20FNO2. The summed E-state index contributed by atoms with van der Waals surface area (Å²) < 4.78 is 13.7. The molecule has 22 heavy (non-hydrogen) atoms. The molecule has 0 heterocycles. The van der Waals surface area contributed by atoms with Crippen molar-refractivity contribution in [2.45, 2.75) is 25.4 Å². The Labute approximate surface area is 129 Å². The second-order valence-electron chi connectivity index (χ2n) is 5.60. The quantitative estimate of drug-likeness (QED) is 0.892. The van der Waals surface area contributed by atoms with Gasteiger partial charge in [0.1, 0.15) is 11.4 Å². The first-order valence-electron chi connectivity index (χ1n) is 7.22. The number of hydrogen-bond acceptors (Lipinski definition) is 2. The lowest BCUT2D eigenvalue weighted by molar-refractivity contribution is -0.123. The molecule has 0 saturated carbocycles. The highest BCUT2D eigenvalue weighted by molar-refractivity contribution is 5.83. The lowest BCUT2D eigenvalue weighted by Crippen LogP contribution is -2.40. The van der Waals surface area contributed by atoms with E-state index in [4.69, 9.17) is 0 Å². The number of benzene rings is 2. The van der Waals surface area contributed by atoms with Crippen molar-refractivity contribution < 1.29 is 14.3 Å². The molecule has 4 heteroatoms. The van der Waals surface area contributed by atoms with E-state index in [1.807, 2.05) is 18.2 Å². The predicted molar refractivity (Wildman–Crippen MR) is 83.8 cm³/mol. The van der Waals surface area contributed by atoms with Crippen molar-refractivity contribution in [1.82, 2.24) is 5.32 Å². The average Bonchev–Trinajstić information content (AvgIpc) is 2.53. The molecule has 0 aliphatic carbocycles. The number of rotatable bonds is 5. The van der Waals surface area contributed by atoms with E-state index in [2.05, 4.69) is 5.32 Å². The summed E-state index contributed by atoms with van der Waals surface area (Å²) in [4.78, 5) is 12.2. The first-order chi connectivity index (χ1) is 10.4. The second kappa shape index (κ2) is 6.71. The Morgan fingerprint density at radius 1 is 1.18 bits per heavy atom. The average molecular weight is 301 g/mol. The van der Waals surface area contributed by atoms with Crippen LogP contribution in [0.25, 0.3) is 0 Å². The molecule has 2 aromatic rings. The minimum atomic E-state index is -1.17. The van der Waals surface area contributed by atoms with Crippen LogP contribution in [0.4, 0.5) is 4.39 Å². The minimum Gasteiger partial charge on any atom is -0.384 e. The zero-order chi connectivity index (χ0) is 16.2.